The summed E-state index contributed by atoms with van der Waals surface area (Å²) in [6.45, 7) is 13.1. The van der Waals surface area contributed by atoms with E-state index >= 15 is 0 Å². The summed E-state index contributed by atoms with van der Waals surface area (Å²) in [5.74, 6) is 1.08. The molecule has 0 saturated heterocycles. The van der Waals surface area contributed by atoms with Gasteiger partial charge in [0.05, 0.1) is 0 Å². The van der Waals surface area contributed by atoms with Gasteiger partial charge in [0, 0.05) is 10.8 Å². The molecule has 80 valence electrons. The van der Waals surface area contributed by atoms with Crippen molar-refractivity contribution in [2.24, 2.45) is 10.8 Å². The Balaban J connectivity index is 2.80. The zero-order chi connectivity index (χ0) is 11.0. The highest BCUT2D eigenvalue weighted by molar-refractivity contribution is 5.19. The lowest BCUT2D eigenvalue weighted by Gasteiger charge is -2.35. The molecule has 0 aromatic rings. The van der Waals surface area contributed by atoms with E-state index in [1.807, 2.05) is 0 Å². The van der Waals surface area contributed by atoms with Crippen LogP contribution in [0.15, 0.2) is 24.0 Å². The molecule has 0 N–H and O–H groups in total. The Morgan fingerprint density at radius 2 is 1.64 bits per heavy atom. The van der Waals surface area contributed by atoms with Gasteiger partial charge in [-0.15, -0.1) is 0 Å². The molecule has 14 heavy (non-hydrogen) atoms. The van der Waals surface area contributed by atoms with Crippen LogP contribution < -0.4 is 0 Å². The van der Waals surface area contributed by atoms with Crippen LogP contribution in [0.4, 0.5) is 0 Å². The van der Waals surface area contributed by atoms with Crippen molar-refractivity contribution in [1.82, 2.24) is 0 Å². The average molecular weight is 194 g/mol. The van der Waals surface area contributed by atoms with Gasteiger partial charge in [-0.2, -0.15) is 0 Å². The highest BCUT2D eigenvalue weighted by atomic mass is 16.5. The molecule has 1 atom stereocenters. The van der Waals surface area contributed by atoms with Crippen molar-refractivity contribution in [3.63, 3.8) is 0 Å². The molecule has 1 heteroatoms. The van der Waals surface area contributed by atoms with Gasteiger partial charge < -0.3 is 4.74 Å². The van der Waals surface area contributed by atoms with E-state index in [0.717, 1.165) is 5.76 Å². The molecule has 0 bridgehead atoms. The first-order chi connectivity index (χ1) is 6.21. The van der Waals surface area contributed by atoms with Crippen LogP contribution >= 0.6 is 0 Å². The van der Waals surface area contributed by atoms with E-state index in [9.17, 15) is 0 Å². The minimum atomic E-state index is 0.105. The molecule has 0 radical (unpaired) electrons. The van der Waals surface area contributed by atoms with Crippen molar-refractivity contribution in [2.75, 3.05) is 0 Å². The van der Waals surface area contributed by atoms with Crippen LogP contribution in [0.1, 0.15) is 41.5 Å². The third kappa shape index (κ3) is 2.63. The van der Waals surface area contributed by atoms with Gasteiger partial charge in [-0.3, -0.25) is 0 Å². The highest BCUT2D eigenvalue weighted by Gasteiger charge is 2.29. The summed E-state index contributed by atoms with van der Waals surface area (Å²) in [5, 5.41) is 0. The molecule has 1 rings (SSSR count). The van der Waals surface area contributed by atoms with Crippen molar-refractivity contribution in [1.29, 1.82) is 0 Å². The quantitative estimate of drug-likeness (QED) is 0.568. The molecule has 1 unspecified atom stereocenters. The zero-order valence-electron chi connectivity index (χ0n) is 10.2. The third-order valence-electron chi connectivity index (χ3n) is 2.38. The van der Waals surface area contributed by atoms with Crippen LogP contribution in [0.25, 0.3) is 0 Å². The van der Waals surface area contributed by atoms with Crippen LogP contribution in [-0.4, -0.2) is 6.10 Å². The monoisotopic (exact) mass is 194 g/mol. The summed E-state index contributed by atoms with van der Waals surface area (Å²) in [6.07, 6.45) is 6.51. The van der Waals surface area contributed by atoms with Crippen LogP contribution in [0.5, 0.6) is 0 Å². The molecular formula is C13H22O. The van der Waals surface area contributed by atoms with Gasteiger partial charge in [0.15, 0.2) is 0 Å². The minimum absolute atomic E-state index is 0.105. The highest BCUT2D eigenvalue weighted by Crippen LogP contribution is 2.34. The smallest absolute Gasteiger partial charge is 0.121 e. The SMILES string of the molecule is CC(C)(C)C1=CC=CC(C(C)(C)C)O1. The average Bonchev–Trinajstić information content (AvgIpc) is 2.01. The summed E-state index contributed by atoms with van der Waals surface area (Å²) >= 11 is 0. The van der Waals surface area contributed by atoms with Gasteiger partial charge in [-0.05, 0) is 12.2 Å². The van der Waals surface area contributed by atoms with E-state index in [0.29, 0.717) is 0 Å². The second kappa shape index (κ2) is 3.45. The van der Waals surface area contributed by atoms with E-state index < -0.39 is 0 Å². The number of ether oxygens (including phenoxy) is 1. The molecule has 0 fully saturated rings. The standard InChI is InChI=1S/C13H22O/c1-12(2,3)10-8-7-9-11(14-10)13(4,5)6/h7-10H,1-6H3. The lowest BCUT2D eigenvalue weighted by Crippen LogP contribution is -2.31. The maximum absolute atomic E-state index is 5.99. The van der Waals surface area contributed by atoms with Crippen molar-refractivity contribution in [3.8, 4) is 0 Å². The summed E-state index contributed by atoms with van der Waals surface area (Å²) < 4.78 is 5.99. The van der Waals surface area contributed by atoms with Gasteiger partial charge in [-0.1, -0.05) is 47.6 Å². The van der Waals surface area contributed by atoms with Crippen LogP contribution in [0, 0.1) is 10.8 Å². The Kier molecular flexibility index (Phi) is 2.80. The van der Waals surface area contributed by atoms with Gasteiger partial charge in [0.1, 0.15) is 11.9 Å². The van der Waals surface area contributed by atoms with E-state index in [-0.39, 0.29) is 16.9 Å². The first-order valence-electron chi connectivity index (χ1n) is 5.27. The van der Waals surface area contributed by atoms with Crippen LogP contribution in [0.3, 0.4) is 0 Å². The van der Waals surface area contributed by atoms with E-state index in [1.165, 1.54) is 0 Å². The molecule has 1 aliphatic rings. The number of allylic oxidation sites excluding steroid dienone is 3. The van der Waals surface area contributed by atoms with E-state index in [2.05, 4.69) is 59.8 Å². The van der Waals surface area contributed by atoms with E-state index in [1.54, 1.807) is 0 Å². The Morgan fingerprint density at radius 3 is 2.07 bits per heavy atom. The zero-order valence-corrected chi connectivity index (χ0v) is 10.2. The topological polar surface area (TPSA) is 9.23 Å². The maximum atomic E-state index is 5.99. The summed E-state index contributed by atoms with van der Waals surface area (Å²) in [6, 6.07) is 0. The summed E-state index contributed by atoms with van der Waals surface area (Å²) in [5.41, 5.74) is 0.273. The molecule has 0 saturated carbocycles. The number of rotatable bonds is 0. The molecular weight excluding hydrogens is 172 g/mol. The molecule has 1 heterocycles. The Morgan fingerprint density at radius 1 is 1.07 bits per heavy atom. The summed E-state index contributed by atoms with van der Waals surface area (Å²) in [4.78, 5) is 0. The van der Waals surface area contributed by atoms with Crippen molar-refractivity contribution >= 4 is 0 Å². The van der Waals surface area contributed by atoms with Crippen molar-refractivity contribution in [2.45, 2.75) is 47.6 Å². The first-order valence-corrected chi connectivity index (χ1v) is 5.27. The normalized spacial score (nSPS) is 23.0. The minimum Gasteiger partial charge on any atom is -0.490 e. The van der Waals surface area contributed by atoms with E-state index in [4.69, 9.17) is 4.74 Å². The largest absolute Gasteiger partial charge is 0.490 e. The Bertz CT molecular complexity index is 258. The lowest BCUT2D eigenvalue weighted by atomic mass is 9.86. The molecule has 0 spiro atoms. The lowest BCUT2D eigenvalue weighted by molar-refractivity contribution is 0.0330. The van der Waals surface area contributed by atoms with Crippen LogP contribution in [0.2, 0.25) is 0 Å². The molecule has 1 nitrogen and oxygen atoms in total. The second-order valence-corrected chi connectivity index (χ2v) is 6.07. The fraction of sp³-hybridized carbons (Fsp3) is 0.692. The fourth-order valence-electron chi connectivity index (χ4n) is 1.35. The summed E-state index contributed by atoms with van der Waals surface area (Å²) in [7, 11) is 0. The molecule has 1 aliphatic heterocycles. The molecule has 0 aromatic heterocycles. The van der Waals surface area contributed by atoms with Gasteiger partial charge in [0.25, 0.3) is 0 Å². The number of hydrogen-bond acceptors (Lipinski definition) is 1. The van der Waals surface area contributed by atoms with Crippen molar-refractivity contribution < 1.29 is 4.74 Å². The first kappa shape index (κ1) is 11.4. The molecule has 0 aromatic carbocycles. The second-order valence-electron chi connectivity index (χ2n) is 6.07. The maximum Gasteiger partial charge on any atom is 0.121 e. The predicted molar refractivity (Wildman–Crippen MR) is 61.0 cm³/mol. The van der Waals surface area contributed by atoms with Gasteiger partial charge in [0.2, 0.25) is 0 Å². The molecule has 0 amide bonds. The molecule has 0 aliphatic carbocycles. The predicted octanol–water partition coefficient (Wildman–Crippen LogP) is 3.92. The Labute approximate surface area is 87.8 Å². The fourth-order valence-corrected chi connectivity index (χ4v) is 1.35. The number of hydrogen-bond donors (Lipinski definition) is 0. The Hall–Kier alpha value is -0.720. The third-order valence-corrected chi connectivity index (χ3v) is 2.38. The van der Waals surface area contributed by atoms with Crippen molar-refractivity contribution in [3.05, 3.63) is 24.0 Å². The van der Waals surface area contributed by atoms with Crippen LogP contribution in [-0.2, 0) is 4.74 Å². The van der Waals surface area contributed by atoms with Gasteiger partial charge in [-0.25, -0.2) is 0 Å². The van der Waals surface area contributed by atoms with Gasteiger partial charge >= 0.3 is 0 Å².